The van der Waals surface area contributed by atoms with Crippen molar-refractivity contribution in [3.8, 4) is 0 Å². The van der Waals surface area contributed by atoms with Gasteiger partial charge in [-0.3, -0.25) is 14.4 Å². The van der Waals surface area contributed by atoms with E-state index in [4.69, 9.17) is 0 Å². The minimum absolute atomic E-state index is 0.213. The highest BCUT2D eigenvalue weighted by atomic mass is 16.2. The molecule has 2 heterocycles. The number of anilines is 1. The SMILES string of the molecule is O=C(CC1NC(=O)c2ccccc2NC1=O)NC(c1ccccc1)c1nc2ccccc2[nH]1. The predicted octanol–water partition coefficient (Wildman–Crippen LogP) is 2.91. The third kappa shape index (κ3) is 4.18. The van der Waals surface area contributed by atoms with E-state index in [2.05, 4.69) is 25.9 Å². The second kappa shape index (κ2) is 8.58. The molecule has 0 radical (unpaired) electrons. The molecule has 33 heavy (non-hydrogen) atoms. The maximum absolute atomic E-state index is 13.0. The molecule has 2 unspecified atom stereocenters. The maximum atomic E-state index is 13.0. The molecule has 5 rings (SSSR count). The highest BCUT2D eigenvalue weighted by Gasteiger charge is 2.30. The summed E-state index contributed by atoms with van der Waals surface area (Å²) < 4.78 is 0. The fourth-order valence-electron chi connectivity index (χ4n) is 3.92. The number of aromatic nitrogens is 2. The van der Waals surface area contributed by atoms with Crippen LogP contribution in [0.3, 0.4) is 0 Å². The molecular formula is C25H21N5O3. The van der Waals surface area contributed by atoms with Gasteiger partial charge >= 0.3 is 0 Å². The van der Waals surface area contributed by atoms with E-state index < -0.39 is 29.8 Å². The number of benzene rings is 3. The minimum atomic E-state index is -1.00. The molecule has 2 atom stereocenters. The Morgan fingerprint density at radius 2 is 1.67 bits per heavy atom. The van der Waals surface area contributed by atoms with E-state index in [0.29, 0.717) is 17.1 Å². The first kappa shape index (κ1) is 20.4. The Balaban J connectivity index is 1.38. The van der Waals surface area contributed by atoms with Crippen molar-refractivity contribution >= 4 is 34.4 Å². The van der Waals surface area contributed by atoms with Crippen molar-refractivity contribution in [1.29, 1.82) is 0 Å². The van der Waals surface area contributed by atoms with E-state index in [1.807, 2.05) is 54.6 Å². The van der Waals surface area contributed by atoms with Crippen LogP contribution in [0.25, 0.3) is 11.0 Å². The van der Waals surface area contributed by atoms with Gasteiger partial charge in [-0.2, -0.15) is 0 Å². The van der Waals surface area contributed by atoms with E-state index in [0.717, 1.165) is 16.6 Å². The summed E-state index contributed by atoms with van der Waals surface area (Å²) in [6.07, 6.45) is -0.213. The third-order valence-corrected chi connectivity index (χ3v) is 5.56. The van der Waals surface area contributed by atoms with Crippen molar-refractivity contribution in [3.05, 3.63) is 95.8 Å². The lowest BCUT2D eigenvalue weighted by molar-refractivity contribution is -0.126. The molecule has 1 aliphatic rings. The van der Waals surface area contributed by atoms with Crippen molar-refractivity contribution in [3.63, 3.8) is 0 Å². The average molecular weight is 439 g/mol. The second-order valence-electron chi connectivity index (χ2n) is 7.82. The van der Waals surface area contributed by atoms with Gasteiger partial charge in [0.25, 0.3) is 5.91 Å². The Bertz CT molecular complexity index is 1320. The lowest BCUT2D eigenvalue weighted by atomic mass is 10.1. The van der Waals surface area contributed by atoms with Crippen molar-refractivity contribution in [2.24, 2.45) is 0 Å². The summed E-state index contributed by atoms with van der Waals surface area (Å²) in [5.41, 5.74) is 3.27. The van der Waals surface area contributed by atoms with Crippen LogP contribution in [0.4, 0.5) is 5.69 Å². The molecule has 8 heteroatoms. The molecule has 4 aromatic rings. The Labute approximate surface area is 189 Å². The van der Waals surface area contributed by atoms with Gasteiger partial charge in [0.1, 0.15) is 17.9 Å². The second-order valence-corrected chi connectivity index (χ2v) is 7.82. The van der Waals surface area contributed by atoms with Crippen LogP contribution in [-0.2, 0) is 9.59 Å². The zero-order valence-corrected chi connectivity index (χ0v) is 17.5. The maximum Gasteiger partial charge on any atom is 0.254 e. The molecule has 8 nitrogen and oxygen atoms in total. The number of hydrogen-bond acceptors (Lipinski definition) is 4. The molecule has 1 aliphatic heterocycles. The normalized spacial score (nSPS) is 16.3. The topological polar surface area (TPSA) is 116 Å². The van der Waals surface area contributed by atoms with Crippen LogP contribution in [0.15, 0.2) is 78.9 Å². The van der Waals surface area contributed by atoms with Crippen LogP contribution >= 0.6 is 0 Å². The molecule has 0 saturated heterocycles. The van der Waals surface area contributed by atoms with Crippen molar-refractivity contribution in [2.45, 2.75) is 18.5 Å². The van der Waals surface area contributed by atoms with E-state index >= 15 is 0 Å². The summed E-state index contributed by atoms with van der Waals surface area (Å²) in [4.78, 5) is 46.2. The predicted molar refractivity (Wildman–Crippen MR) is 123 cm³/mol. The lowest BCUT2D eigenvalue weighted by Crippen LogP contribution is -2.45. The Hall–Kier alpha value is -4.46. The first-order valence-electron chi connectivity index (χ1n) is 10.6. The van der Waals surface area contributed by atoms with Gasteiger partial charge in [0.05, 0.1) is 28.7 Å². The van der Waals surface area contributed by atoms with Gasteiger partial charge in [0.15, 0.2) is 0 Å². The third-order valence-electron chi connectivity index (χ3n) is 5.56. The van der Waals surface area contributed by atoms with Gasteiger partial charge < -0.3 is 20.9 Å². The number of aromatic amines is 1. The molecule has 0 spiro atoms. The monoisotopic (exact) mass is 439 g/mol. The fourth-order valence-corrected chi connectivity index (χ4v) is 3.92. The molecule has 1 aromatic heterocycles. The zero-order chi connectivity index (χ0) is 22.8. The number of carbonyl (C=O) groups is 3. The summed E-state index contributed by atoms with van der Waals surface area (Å²) in [6.45, 7) is 0. The fraction of sp³-hybridized carbons (Fsp3) is 0.120. The molecular weight excluding hydrogens is 418 g/mol. The first-order chi connectivity index (χ1) is 16.1. The number of fused-ring (bicyclic) bond motifs is 2. The molecule has 3 amide bonds. The summed E-state index contributed by atoms with van der Waals surface area (Å²) in [5.74, 6) is -0.657. The van der Waals surface area contributed by atoms with E-state index in [1.165, 1.54) is 0 Å². The summed E-state index contributed by atoms with van der Waals surface area (Å²) in [5, 5.41) is 8.35. The van der Waals surface area contributed by atoms with Crippen LogP contribution in [0.5, 0.6) is 0 Å². The summed E-state index contributed by atoms with van der Waals surface area (Å²) in [6, 6.07) is 22.2. The summed E-state index contributed by atoms with van der Waals surface area (Å²) >= 11 is 0. The number of imidazole rings is 1. The number of carbonyl (C=O) groups excluding carboxylic acids is 3. The number of nitrogens with one attached hydrogen (secondary N) is 4. The molecule has 0 bridgehead atoms. The van der Waals surface area contributed by atoms with Gasteiger partial charge in [-0.1, -0.05) is 54.6 Å². The van der Waals surface area contributed by atoms with Crippen LogP contribution in [0.1, 0.15) is 34.2 Å². The molecule has 0 saturated carbocycles. The molecule has 0 fully saturated rings. The van der Waals surface area contributed by atoms with Crippen LogP contribution < -0.4 is 16.0 Å². The molecule has 164 valence electrons. The van der Waals surface area contributed by atoms with Crippen LogP contribution in [0.2, 0.25) is 0 Å². The summed E-state index contributed by atoms with van der Waals surface area (Å²) in [7, 11) is 0. The van der Waals surface area contributed by atoms with Gasteiger partial charge in [-0.05, 0) is 29.8 Å². The van der Waals surface area contributed by atoms with Crippen molar-refractivity contribution in [2.75, 3.05) is 5.32 Å². The lowest BCUT2D eigenvalue weighted by Gasteiger charge is -2.19. The smallest absolute Gasteiger partial charge is 0.254 e. The average Bonchev–Trinajstić information content (AvgIpc) is 3.22. The minimum Gasteiger partial charge on any atom is -0.342 e. The molecule has 3 aromatic carbocycles. The van der Waals surface area contributed by atoms with Gasteiger partial charge in [0, 0.05) is 0 Å². The van der Waals surface area contributed by atoms with Crippen LogP contribution in [-0.4, -0.2) is 33.7 Å². The highest BCUT2D eigenvalue weighted by molar-refractivity contribution is 6.10. The van der Waals surface area contributed by atoms with Gasteiger partial charge in [0.2, 0.25) is 11.8 Å². The van der Waals surface area contributed by atoms with E-state index in [-0.39, 0.29) is 6.42 Å². The molecule has 4 N–H and O–H groups in total. The Morgan fingerprint density at radius 3 is 2.48 bits per heavy atom. The number of H-pyrrole nitrogens is 1. The Kier molecular flexibility index (Phi) is 5.32. The van der Waals surface area contributed by atoms with E-state index in [9.17, 15) is 14.4 Å². The van der Waals surface area contributed by atoms with Crippen LogP contribution in [0, 0.1) is 0 Å². The van der Waals surface area contributed by atoms with E-state index in [1.54, 1.807) is 24.3 Å². The largest absolute Gasteiger partial charge is 0.342 e. The number of nitrogens with zero attached hydrogens (tertiary/aromatic N) is 1. The standard InChI is InChI=1S/C25H21N5O3/c31-21(14-20-25(33)28-17-11-5-4-10-16(17)24(32)29-20)30-22(15-8-2-1-3-9-15)23-26-18-12-6-7-13-19(18)27-23/h1-13,20,22H,14H2,(H,26,27)(H,28,33)(H,29,32)(H,30,31). The quantitative estimate of drug-likeness (QED) is 0.383. The van der Waals surface area contributed by atoms with Gasteiger partial charge in [-0.15, -0.1) is 0 Å². The van der Waals surface area contributed by atoms with Gasteiger partial charge in [-0.25, -0.2) is 4.98 Å². The number of hydrogen-bond donors (Lipinski definition) is 4. The van der Waals surface area contributed by atoms with Crippen molar-refractivity contribution in [1.82, 2.24) is 20.6 Å². The number of rotatable bonds is 5. The number of amides is 3. The van der Waals surface area contributed by atoms with Crippen molar-refractivity contribution < 1.29 is 14.4 Å². The zero-order valence-electron chi connectivity index (χ0n) is 17.5. The Morgan fingerprint density at radius 1 is 0.939 bits per heavy atom. The highest BCUT2D eigenvalue weighted by Crippen LogP contribution is 2.23. The number of para-hydroxylation sites is 3. The molecule has 0 aliphatic carbocycles. The first-order valence-corrected chi connectivity index (χ1v) is 10.6.